The van der Waals surface area contributed by atoms with Crippen molar-refractivity contribution in [1.29, 1.82) is 0 Å². The van der Waals surface area contributed by atoms with Crippen LogP contribution < -0.4 is 15.5 Å². The Morgan fingerprint density at radius 2 is 1.42 bits per heavy atom. The van der Waals surface area contributed by atoms with E-state index in [1.54, 1.807) is 12.1 Å². The van der Waals surface area contributed by atoms with Gasteiger partial charge in [0.05, 0.1) is 23.8 Å². The summed E-state index contributed by atoms with van der Waals surface area (Å²) >= 11 is 0. The molecule has 1 aliphatic heterocycles. The largest absolute Gasteiger partial charge is 0.370 e. The first-order chi connectivity index (χ1) is 15.2. The first-order valence-corrected chi connectivity index (χ1v) is 10.8. The Morgan fingerprint density at radius 1 is 0.806 bits per heavy atom. The molecular weight excluding hydrogens is 386 g/mol. The van der Waals surface area contributed by atoms with Gasteiger partial charge in [-0.25, -0.2) is 0 Å². The molecule has 0 radical (unpaired) electrons. The number of para-hydroxylation sites is 2. The lowest BCUT2D eigenvalue weighted by molar-refractivity contribution is -0.116. The van der Waals surface area contributed by atoms with Gasteiger partial charge < -0.3 is 15.5 Å². The molecule has 0 spiro atoms. The number of benzene rings is 3. The first-order valence-electron chi connectivity index (χ1n) is 10.8. The zero-order valence-electron chi connectivity index (χ0n) is 17.5. The Balaban J connectivity index is 1.49. The van der Waals surface area contributed by atoms with Gasteiger partial charge in [-0.05, 0) is 42.7 Å². The predicted octanol–water partition coefficient (Wildman–Crippen LogP) is 4.79. The van der Waals surface area contributed by atoms with E-state index in [0.717, 1.165) is 30.0 Å². The maximum absolute atomic E-state index is 13.0. The van der Waals surface area contributed by atoms with E-state index in [2.05, 4.69) is 15.5 Å². The second-order valence-corrected chi connectivity index (χ2v) is 7.77. The minimum absolute atomic E-state index is 0.131. The van der Waals surface area contributed by atoms with Gasteiger partial charge in [-0.3, -0.25) is 9.59 Å². The number of hydrogen-bond acceptors (Lipinski definition) is 3. The molecular formula is C26H27N3O2. The summed E-state index contributed by atoms with van der Waals surface area (Å²) in [7, 11) is 0. The molecule has 0 saturated carbocycles. The van der Waals surface area contributed by atoms with Crippen LogP contribution in [0.15, 0.2) is 84.9 Å². The highest BCUT2D eigenvalue weighted by Crippen LogP contribution is 2.29. The number of hydrogen-bond donors (Lipinski definition) is 2. The molecule has 2 N–H and O–H groups in total. The van der Waals surface area contributed by atoms with Crippen LogP contribution in [-0.4, -0.2) is 24.9 Å². The summed E-state index contributed by atoms with van der Waals surface area (Å²) in [5, 5.41) is 6.09. The van der Waals surface area contributed by atoms with Crippen LogP contribution in [0, 0.1) is 0 Å². The molecule has 158 valence electrons. The van der Waals surface area contributed by atoms with Gasteiger partial charge in [0, 0.05) is 18.7 Å². The van der Waals surface area contributed by atoms with Gasteiger partial charge in [0.25, 0.3) is 5.91 Å². The zero-order valence-corrected chi connectivity index (χ0v) is 17.5. The predicted molar refractivity (Wildman–Crippen MR) is 124 cm³/mol. The fraction of sp³-hybridized carbons (Fsp3) is 0.231. The Morgan fingerprint density at radius 3 is 2.13 bits per heavy atom. The number of carbonyl (C=O) groups is 2. The summed E-state index contributed by atoms with van der Waals surface area (Å²) in [4.78, 5) is 28.1. The number of anilines is 2. The third kappa shape index (κ3) is 5.31. The van der Waals surface area contributed by atoms with E-state index in [0.29, 0.717) is 5.56 Å². The molecule has 5 heteroatoms. The maximum Gasteiger partial charge on any atom is 0.251 e. The lowest BCUT2D eigenvalue weighted by Crippen LogP contribution is -2.31. The summed E-state index contributed by atoms with van der Waals surface area (Å²) in [6, 6.07) is 26.2. The number of rotatable bonds is 7. The van der Waals surface area contributed by atoms with E-state index in [-0.39, 0.29) is 18.2 Å². The van der Waals surface area contributed by atoms with Crippen molar-refractivity contribution in [2.45, 2.75) is 25.3 Å². The average Bonchev–Trinajstić information content (AvgIpc) is 3.35. The fourth-order valence-corrected chi connectivity index (χ4v) is 3.97. The average molecular weight is 414 g/mol. The van der Waals surface area contributed by atoms with Gasteiger partial charge >= 0.3 is 0 Å². The van der Waals surface area contributed by atoms with E-state index < -0.39 is 6.04 Å². The topological polar surface area (TPSA) is 61.4 Å². The normalized spacial score (nSPS) is 14.1. The van der Waals surface area contributed by atoms with Crippen molar-refractivity contribution in [3.8, 4) is 0 Å². The Labute approximate surface area is 183 Å². The molecule has 3 aromatic rings. The molecule has 0 aliphatic carbocycles. The molecule has 1 atom stereocenters. The van der Waals surface area contributed by atoms with Crippen molar-refractivity contribution in [2.24, 2.45) is 0 Å². The SMILES string of the molecule is O=C(C[C@@H](NC(=O)c1ccccc1)c1ccccc1)Nc1ccccc1N1CCCC1. The van der Waals surface area contributed by atoms with Gasteiger partial charge in [-0.15, -0.1) is 0 Å². The Kier molecular flexibility index (Phi) is 6.62. The van der Waals surface area contributed by atoms with Gasteiger partial charge in [-0.2, -0.15) is 0 Å². The van der Waals surface area contributed by atoms with E-state index in [4.69, 9.17) is 0 Å². The minimum Gasteiger partial charge on any atom is -0.370 e. The molecule has 2 amide bonds. The van der Waals surface area contributed by atoms with Crippen molar-refractivity contribution in [3.63, 3.8) is 0 Å². The second kappa shape index (κ2) is 9.94. The molecule has 0 bridgehead atoms. The van der Waals surface area contributed by atoms with Crippen molar-refractivity contribution >= 4 is 23.2 Å². The third-order valence-electron chi connectivity index (χ3n) is 5.56. The van der Waals surface area contributed by atoms with Gasteiger partial charge in [0.1, 0.15) is 0 Å². The second-order valence-electron chi connectivity index (χ2n) is 7.77. The molecule has 1 fully saturated rings. The monoisotopic (exact) mass is 413 g/mol. The number of nitrogens with one attached hydrogen (secondary N) is 2. The molecule has 5 nitrogen and oxygen atoms in total. The smallest absolute Gasteiger partial charge is 0.251 e. The number of amides is 2. The van der Waals surface area contributed by atoms with Crippen molar-refractivity contribution in [3.05, 3.63) is 96.1 Å². The lowest BCUT2D eigenvalue weighted by atomic mass is 10.0. The van der Waals surface area contributed by atoms with Crippen LogP contribution in [0.2, 0.25) is 0 Å². The molecule has 1 saturated heterocycles. The van der Waals surface area contributed by atoms with Crippen molar-refractivity contribution in [2.75, 3.05) is 23.3 Å². The summed E-state index contributed by atoms with van der Waals surface area (Å²) in [5.74, 6) is -0.325. The van der Waals surface area contributed by atoms with Crippen molar-refractivity contribution in [1.82, 2.24) is 5.32 Å². The third-order valence-corrected chi connectivity index (χ3v) is 5.56. The Bertz CT molecular complexity index is 1020. The summed E-state index contributed by atoms with van der Waals surface area (Å²) in [5.41, 5.74) is 3.34. The highest BCUT2D eigenvalue weighted by molar-refractivity contribution is 5.97. The molecule has 0 aromatic heterocycles. The van der Waals surface area contributed by atoms with E-state index in [1.165, 1.54) is 12.8 Å². The van der Waals surface area contributed by atoms with Crippen LogP contribution in [-0.2, 0) is 4.79 Å². The van der Waals surface area contributed by atoms with Crippen LogP contribution in [0.5, 0.6) is 0 Å². The molecule has 3 aromatic carbocycles. The summed E-state index contributed by atoms with van der Waals surface area (Å²) in [6.45, 7) is 2.01. The number of nitrogens with zero attached hydrogens (tertiary/aromatic N) is 1. The Hall–Kier alpha value is -3.60. The maximum atomic E-state index is 13.0. The molecule has 4 rings (SSSR count). The van der Waals surface area contributed by atoms with E-state index in [1.807, 2.05) is 72.8 Å². The zero-order chi connectivity index (χ0) is 21.5. The quantitative estimate of drug-likeness (QED) is 0.586. The van der Waals surface area contributed by atoms with E-state index >= 15 is 0 Å². The lowest BCUT2D eigenvalue weighted by Gasteiger charge is -2.23. The van der Waals surface area contributed by atoms with Crippen molar-refractivity contribution < 1.29 is 9.59 Å². The van der Waals surface area contributed by atoms with Crippen LogP contribution in [0.3, 0.4) is 0 Å². The molecule has 1 heterocycles. The molecule has 1 aliphatic rings. The van der Waals surface area contributed by atoms with E-state index in [9.17, 15) is 9.59 Å². The van der Waals surface area contributed by atoms with Crippen LogP contribution >= 0.6 is 0 Å². The number of carbonyl (C=O) groups excluding carboxylic acids is 2. The summed E-state index contributed by atoms with van der Waals surface area (Å²) < 4.78 is 0. The highest BCUT2D eigenvalue weighted by Gasteiger charge is 2.21. The fourth-order valence-electron chi connectivity index (χ4n) is 3.97. The van der Waals surface area contributed by atoms with Gasteiger partial charge in [-0.1, -0.05) is 60.7 Å². The van der Waals surface area contributed by atoms with Gasteiger partial charge in [0.2, 0.25) is 5.91 Å². The van der Waals surface area contributed by atoms with Crippen LogP contribution in [0.1, 0.15) is 41.2 Å². The van der Waals surface area contributed by atoms with Crippen LogP contribution in [0.25, 0.3) is 0 Å². The van der Waals surface area contributed by atoms with Crippen LogP contribution in [0.4, 0.5) is 11.4 Å². The highest BCUT2D eigenvalue weighted by atomic mass is 16.2. The van der Waals surface area contributed by atoms with Gasteiger partial charge in [0.15, 0.2) is 0 Å². The first kappa shape index (κ1) is 20.7. The standard InChI is InChI=1S/C26H27N3O2/c30-25(27-22-15-7-8-16-24(22)29-17-9-10-18-29)19-23(20-11-3-1-4-12-20)28-26(31)21-13-5-2-6-14-21/h1-8,11-16,23H,9-10,17-19H2,(H,27,30)(H,28,31)/t23-/m1/s1. The summed E-state index contributed by atoms with van der Waals surface area (Å²) in [6.07, 6.45) is 2.49. The molecule has 31 heavy (non-hydrogen) atoms. The molecule has 0 unspecified atom stereocenters. The minimum atomic E-state index is -0.423.